The molecule has 3 N–H and O–H groups in total. The smallest absolute Gasteiger partial charge is 0.255 e. The fraction of sp³-hybridized carbons (Fsp3) is 0.350. The number of nitrogens with one attached hydrogen (secondary N) is 1. The molecule has 0 spiro atoms. The summed E-state index contributed by atoms with van der Waals surface area (Å²) in [5, 5.41) is 3.17. The van der Waals surface area contributed by atoms with Crippen LogP contribution >= 0.6 is 36.4 Å². The van der Waals surface area contributed by atoms with E-state index in [9.17, 15) is 4.79 Å². The van der Waals surface area contributed by atoms with E-state index < -0.39 is 0 Å². The number of carbonyl (C=O) groups excluding carboxylic acids is 1. The molecule has 0 aromatic heterocycles. The lowest BCUT2D eigenvalue weighted by molar-refractivity contribution is 0.0948. The van der Waals surface area contributed by atoms with Crippen LogP contribution < -0.4 is 20.5 Å². The molecule has 162 valence electrons. The Morgan fingerprint density at radius 3 is 2.41 bits per heavy atom. The van der Waals surface area contributed by atoms with Gasteiger partial charge in [-0.15, -0.1) is 24.8 Å². The van der Waals surface area contributed by atoms with Crippen molar-refractivity contribution in [3.63, 3.8) is 0 Å². The maximum Gasteiger partial charge on any atom is 0.255 e. The number of benzene rings is 2. The molecule has 2 aromatic rings. The quantitative estimate of drug-likeness (QED) is 0.433. The molecule has 0 atom stereocenters. The van der Waals surface area contributed by atoms with Gasteiger partial charge in [0.2, 0.25) is 0 Å². The zero-order valence-corrected chi connectivity index (χ0v) is 19.1. The molecule has 0 unspecified atom stereocenters. The first kappa shape index (κ1) is 27.1. The van der Waals surface area contributed by atoms with E-state index in [1.165, 1.54) is 13.2 Å². The Kier molecular flexibility index (Phi) is 12.5. The summed E-state index contributed by atoms with van der Waals surface area (Å²) in [5.74, 6) is 0.921. The van der Waals surface area contributed by atoms with Crippen LogP contribution in [0.15, 0.2) is 36.4 Å². The van der Waals surface area contributed by atoms with Crippen LogP contribution in [-0.2, 0) is 6.54 Å². The number of halogens is 3. The minimum absolute atomic E-state index is 0. The second-order valence-electron chi connectivity index (χ2n) is 6.41. The summed E-state index contributed by atoms with van der Waals surface area (Å²) in [6.07, 6.45) is 0.969. The zero-order valence-electron chi connectivity index (χ0n) is 16.7. The van der Waals surface area contributed by atoms with Crippen LogP contribution in [0.25, 0.3) is 0 Å². The number of anilines is 1. The fourth-order valence-electron chi connectivity index (χ4n) is 2.47. The van der Waals surface area contributed by atoms with Gasteiger partial charge in [0.1, 0.15) is 11.5 Å². The maximum absolute atomic E-state index is 12.4. The number of methoxy groups -OCH3 is 1. The normalized spacial score (nSPS) is 9.97. The number of rotatable bonds is 9. The lowest BCUT2D eigenvalue weighted by Crippen LogP contribution is -2.23. The summed E-state index contributed by atoms with van der Waals surface area (Å²) in [4.78, 5) is 14.6. The Bertz CT molecular complexity index is 772. The fourth-order valence-corrected chi connectivity index (χ4v) is 2.63. The standard InChI is InChI=1S/C20H26ClN3O3.2ClH/c1-24(2)9-4-10-27-15-7-5-14(6-8-15)13-23-20(25)16-11-17(21)18(22)12-19(16)26-3;;/h5-8,11-12H,4,9-10,13,22H2,1-3H3,(H,23,25);2*1H. The number of nitrogens with two attached hydrogens (primary N) is 1. The maximum atomic E-state index is 12.4. The Morgan fingerprint density at radius 2 is 1.83 bits per heavy atom. The van der Waals surface area contributed by atoms with Crippen LogP contribution in [0.1, 0.15) is 22.3 Å². The largest absolute Gasteiger partial charge is 0.496 e. The Hall–Kier alpha value is -1.86. The first-order chi connectivity index (χ1) is 12.9. The molecule has 0 saturated heterocycles. The highest BCUT2D eigenvalue weighted by molar-refractivity contribution is 6.33. The van der Waals surface area contributed by atoms with Gasteiger partial charge in [-0.3, -0.25) is 4.79 Å². The van der Waals surface area contributed by atoms with E-state index in [4.69, 9.17) is 26.8 Å². The molecule has 0 aliphatic rings. The van der Waals surface area contributed by atoms with E-state index in [0.29, 0.717) is 35.2 Å². The third-order valence-electron chi connectivity index (χ3n) is 3.96. The number of amides is 1. The molecule has 0 fully saturated rings. The lowest BCUT2D eigenvalue weighted by atomic mass is 10.1. The zero-order chi connectivity index (χ0) is 19.8. The van der Waals surface area contributed by atoms with E-state index in [0.717, 1.165) is 24.3 Å². The summed E-state index contributed by atoms with van der Waals surface area (Å²) >= 11 is 6.01. The molecule has 1 amide bonds. The predicted molar refractivity (Wildman–Crippen MR) is 123 cm³/mol. The van der Waals surface area contributed by atoms with Gasteiger partial charge < -0.3 is 25.4 Å². The summed E-state index contributed by atoms with van der Waals surface area (Å²) in [6.45, 7) is 2.04. The van der Waals surface area contributed by atoms with E-state index in [-0.39, 0.29) is 30.7 Å². The van der Waals surface area contributed by atoms with Crippen molar-refractivity contribution >= 4 is 48.0 Å². The highest BCUT2D eigenvalue weighted by Gasteiger charge is 2.14. The number of hydrogen-bond acceptors (Lipinski definition) is 5. The van der Waals surface area contributed by atoms with Crippen LogP contribution in [-0.4, -0.2) is 45.2 Å². The number of nitrogens with zero attached hydrogens (tertiary/aromatic N) is 1. The van der Waals surface area contributed by atoms with Crippen LogP contribution in [0.4, 0.5) is 5.69 Å². The second kappa shape index (κ2) is 13.4. The average molecular weight is 465 g/mol. The van der Waals surface area contributed by atoms with Crippen LogP contribution in [0.5, 0.6) is 11.5 Å². The molecule has 0 heterocycles. The van der Waals surface area contributed by atoms with Gasteiger partial charge in [0.25, 0.3) is 5.91 Å². The van der Waals surface area contributed by atoms with Gasteiger partial charge in [-0.2, -0.15) is 0 Å². The van der Waals surface area contributed by atoms with Crippen molar-refractivity contribution < 1.29 is 14.3 Å². The van der Waals surface area contributed by atoms with Crippen LogP contribution in [0.2, 0.25) is 5.02 Å². The van der Waals surface area contributed by atoms with Crippen molar-refractivity contribution in [2.24, 2.45) is 0 Å². The number of carbonyl (C=O) groups is 1. The molecule has 6 nitrogen and oxygen atoms in total. The third kappa shape index (κ3) is 8.58. The van der Waals surface area contributed by atoms with Crippen molar-refractivity contribution in [2.75, 3.05) is 40.1 Å². The van der Waals surface area contributed by atoms with Crippen molar-refractivity contribution in [1.29, 1.82) is 0 Å². The van der Waals surface area contributed by atoms with Crippen molar-refractivity contribution in [1.82, 2.24) is 10.2 Å². The van der Waals surface area contributed by atoms with Crippen LogP contribution in [0, 0.1) is 0 Å². The Labute approximate surface area is 189 Å². The molecule has 2 aromatic carbocycles. The van der Waals surface area contributed by atoms with E-state index >= 15 is 0 Å². The van der Waals surface area contributed by atoms with Gasteiger partial charge >= 0.3 is 0 Å². The van der Waals surface area contributed by atoms with E-state index in [1.807, 2.05) is 38.4 Å². The molecule has 0 radical (unpaired) electrons. The van der Waals surface area contributed by atoms with Gasteiger partial charge in [0, 0.05) is 19.2 Å². The summed E-state index contributed by atoms with van der Waals surface area (Å²) in [5.41, 5.74) is 7.42. The Balaban J connectivity index is 0.00000392. The van der Waals surface area contributed by atoms with E-state index in [1.54, 1.807) is 6.07 Å². The lowest BCUT2D eigenvalue weighted by Gasteiger charge is -2.12. The molecule has 0 aliphatic carbocycles. The number of ether oxygens (including phenoxy) is 2. The molecular weight excluding hydrogens is 437 g/mol. The molecule has 0 aliphatic heterocycles. The molecule has 9 heteroatoms. The molecular formula is C20H28Cl3N3O3. The Morgan fingerprint density at radius 1 is 1.17 bits per heavy atom. The number of hydrogen-bond donors (Lipinski definition) is 2. The first-order valence-electron chi connectivity index (χ1n) is 8.68. The monoisotopic (exact) mass is 463 g/mol. The first-order valence-corrected chi connectivity index (χ1v) is 9.06. The molecule has 0 bridgehead atoms. The average Bonchev–Trinajstić information content (AvgIpc) is 2.65. The van der Waals surface area contributed by atoms with E-state index in [2.05, 4.69) is 10.2 Å². The van der Waals surface area contributed by atoms with Crippen molar-refractivity contribution in [3.05, 3.63) is 52.5 Å². The SMILES string of the molecule is COc1cc(N)c(Cl)cc1C(=O)NCc1ccc(OCCCN(C)C)cc1.Cl.Cl. The molecule has 0 saturated carbocycles. The van der Waals surface area contributed by atoms with Gasteiger partial charge in [-0.1, -0.05) is 23.7 Å². The second-order valence-corrected chi connectivity index (χ2v) is 6.81. The minimum atomic E-state index is -0.280. The van der Waals surface area contributed by atoms with Crippen molar-refractivity contribution in [2.45, 2.75) is 13.0 Å². The summed E-state index contributed by atoms with van der Waals surface area (Å²) in [7, 11) is 5.56. The van der Waals surface area contributed by atoms with Gasteiger partial charge in [0.05, 0.1) is 30.0 Å². The molecule has 2 rings (SSSR count). The number of nitrogen functional groups attached to an aromatic ring is 1. The summed E-state index contributed by atoms with van der Waals surface area (Å²) in [6, 6.07) is 10.7. The summed E-state index contributed by atoms with van der Waals surface area (Å²) < 4.78 is 10.9. The third-order valence-corrected chi connectivity index (χ3v) is 4.29. The van der Waals surface area contributed by atoms with Crippen molar-refractivity contribution in [3.8, 4) is 11.5 Å². The highest BCUT2D eigenvalue weighted by atomic mass is 35.5. The minimum Gasteiger partial charge on any atom is -0.496 e. The molecule has 29 heavy (non-hydrogen) atoms. The van der Waals surface area contributed by atoms with Gasteiger partial charge in [-0.05, 0) is 44.3 Å². The van der Waals surface area contributed by atoms with Gasteiger partial charge in [0.15, 0.2) is 0 Å². The van der Waals surface area contributed by atoms with Gasteiger partial charge in [-0.25, -0.2) is 0 Å². The highest BCUT2D eigenvalue weighted by Crippen LogP contribution is 2.28. The predicted octanol–water partition coefficient (Wildman–Crippen LogP) is 4.03. The van der Waals surface area contributed by atoms with Crippen LogP contribution in [0.3, 0.4) is 0 Å². The topological polar surface area (TPSA) is 76.8 Å².